The van der Waals surface area contributed by atoms with Crippen LogP contribution in [0.15, 0.2) is 33.4 Å². The van der Waals surface area contributed by atoms with Gasteiger partial charge in [0.2, 0.25) is 0 Å². The lowest BCUT2D eigenvalue weighted by atomic mass is 10.0. The van der Waals surface area contributed by atoms with Gasteiger partial charge in [-0.1, -0.05) is 35.3 Å². The van der Waals surface area contributed by atoms with Gasteiger partial charge in [-0.2, -0.15) is 0 Å². The molecule has 90 valence electrons. The van der Waals surface area contributed by atoms with Crippen LogP contribution in [0.1, 0.15) is 17.2 Å². The number of benzene rings is 1. The van der Waals surface area contributed by atoms with Crippen molar-refractivity contribution in [2.24, 2.45) is 0 Å². The summed E-state index contributed by atoms with van der Waals surface area (Å²) in [6.45, 7) is 0. The normalized spacial score (nSPS) is 12.7. The van der Waals surface area contributed by atoms with Crippen LogP contribution in [-0.4, -0.2) is 7.05 Å². The molecule has 1 N–H and O–H groups in total. The molecule has 1 atom stereocenters. The molecule has 0 aliphatic carbocycles. The molecular weight excluding hydrogens is 341 g/mol. The molecule has 1 aromatic carbocycles. The van der Waals surface area contributed by atoms with E-state index in [2.05, 4.69) is 32.7 Å². The summed E-state index contributed by atoms with van der Waals surface area (Å²) in [7, 11) is 1.91. The highest BCUT2D eigenvalue weighted by Crippen LogP contribution is 2.35. The van der Waals surface area contributed by atoms with Crippen LogP contribution in [0.2, 0.25) is 10.0 Å². The molecule has 0 spiro atoms. The van der Waals surface area contributed by atoms with E-state index < -0.39 is 0 Å². The first-order valence-corrected chi connectivity index (χ1v) is 7.41. The summed E-state index contributed by atoms with van der Waals surface area (Å²) in [4.78, 5) is 0. The van der Waals surface area contributed by atoms with E-state index >= 15 is 0 Å². The zero-order valence-electron chi connectivity index (χ0n) is 9.01. The quantitative estimate of drug-likeness (QED) is 0.809. The topological polar surface area (TPSA) is 12.0 Å². The van der Waals surface area contributed by atoms with Crippen molar-refractivity contribution in [3.8, 4) is 0 Å². The summed E-state index contributed by atoms with van der Waals surface area (Å²) in [5.74, 6) is 0. The van der Waals surface area contributed by atoms with Crippen LogP contribution in [0.25, 0.3) is 0 Å². The average molecular weight is 351 g/mol. The van der Waals surface area contributed by atoms with Crippen molar-refractivity contribution in [1.82, 2.24) is 5.32 Å². The smallest absolute Gasteiger partial charge is 0.0701 e. The van der Waals surface area contributed by atoms with E-state index in [0.29, 0.717) is 10.0 Å². The molecule has 1 aromatic heterocycles. The van der Waals surface area contributed by atoms with Crippen molar-refractivity contribution in [1.29, 1.82) is 0 Å². The van der Waals surface area contributed by atoms with Crippen LogP contribution < -0.4 is 5.32 Å². The Hall–Kier alpha value is -0.0600. The monoisotopic (exact) mass is 349 g/mol. The van der Waals surface area contributed by atoms with E-state index in [0.717, 1.165) is 9.35 Å². The molecule has 2 aromatic rings. The van der Waals surface area contributed by atoms with Gasteiger partial charge in [0.25, 0.3) is 0 Å². The molecule has 0 fully saturated rings. The van der Waals surface area contributed by atoms with E-state index in [1.54, 1.807) is 17.4 Å². The highest BCUT2D eigenvalue weighted by atomic mass is 79.9. The number of rotatable bonds is 3. The third-order valence-electron chi connectivity index (χ3n) is 2.50. The summed E-state index contributed by atoms with van der Waals surface area (Å²) < 4.78 is 1.10. The molecule has 17 heavy (non-hydrogen) atoms. The Kier molecular flexibility index (Phi) is 4.50. The van der Waals surface area contributed by atoms with Crippen LogP contribution in [0, 0.1) is 0 Å². The Balaban J connectivity index is 2.45. The van der Waals surface area contributed by atoms with Crippen LogP contribution in [0.3, 0.4) is 0 Å². The molecule has 0 radical (unpaired) electrons. The van der Waals surface area contributed by atoms with Crippen molar-refractivity contribution in [3.05, 3.63) is 54.6 Å². The second-order valence-corrected chi connectivity index (χ2v) is 6.62. The van der Waals surface area contributed by atoms with Gasteiger partial charge in [0.1, 0.15) is 0 Å². The molecule has 1 heterocycles. The van der Waals surface area contributed by atoms with Crippen molar-refractivity contribution in [3.63, 3.8) is 0 Å². The lowest BCUT2D eigenvalue weighted by Crippen LogP contribution is -2.17. The van der Waals surface area contributed by atoms with Crippen LogP contribution >= 0.6 is 50.5 Å². The molecule has 1 unspecified atom stereocenters. The van der Waals surface area contributed by atoms with Crippen LogP contribution in [-0.2, 0) is 0 Å². The molecule has 5 heteroatoms. The van der Waals surface area contributed by atoms with E-state index in [4.69, 9.17) is 23.2 Å². The molecular formula is C12H10BrCl2NS. The molecule has 1 nitrogen and oxygen atoms in total. The average Bonchev–Trinajstić information content (AvgIpc) is 2.72. The Morgan fingerprint density at radius 2 is 2.12 bits per heavy atom. The number of hydrogen-bond acceptors (Lipinski definition) is 2. The van der Waals surface area contributed by atoms with E-state index in [1.165, 1.54) is 5.56 Å². The Morgan fingerprint density at radius 1 is 1.35 bits per heavy atom. The summed E-state index contributed by atoms with van der Waals surface area (Å²) in [5.41, 5.74) is 2.17. The fourth-order valence-corrected chi connectivity index (χ4v) is 3.34. The number of halogens is 3. The van der Waals surface area contributed by atoms with Gasteiger partial charge in [-0.25, -0.2) is 0 Å². The lowest BCUT2D eigenvalue weighted by Gasteiger charge is -2.17. The lowest BCUT2D eigenvalue weighted by molar-refractivity contribution is 0.694. The van der Waals surface area contributed by atoms with Crippen molar-refractivity contribution >= 4 is 50.5 Å². The summed E-state index contributed by atoms with van der Waals surface area (Å²) in [5, 5.41) is 6.55. The summed E-state index contributed by atoms with van der Waals surface area (Å²) in [6.07, 6.45) is 0. The molecule has 0 amide bonds. The van der Waals surface area contributed by atoms with E-state index in [-0.39, 0.29) is 6.04 Å². The number of nitrogens with one attached hydrogen (secondary N) is 1. The third kappa shape index (κ3) is 2.85. The van der Waals surface area contributed by atoms with Gasteiger partial charge in [-0.05, 0) is 51.6 Å². The Bertz CT molecular complexity index is 527. The summed E-state index contributed by atoms with van der Waals surface area (Å²) >= 11 is 17.4. The second kappa shape index (κ2) is 5.72. The second-order valence-electron chi connectivity index (χ2n) is 3.55. The minimum Gasteiger partial charge on any atom is -0.309 e. The van der Waals surface area contributed by atoms with Crippen LogP contribution in [0.4, 0.5) is 0 Å². The fraction of sp³-hybridized carbons (Fsp3) is 0.167. The van der Waals surface area contributed by atoms with Gasteiger partial charge in [0, 0.05) is 0 Å². The van der Waals surface area contributed by atoms with Gasteiger partial charge in [-0.3, -0.25) is 0 Å². The molecule has 0 aliphatic heterocycles. The van der Waals surface area contributed by atoms with E-state index in [1.807, 2.05) is 19.2 Å². The third-order valence-corrected chi connectivity index (χ3v) is 4.86. The van der Waals surface area contributed by atoms with Crippen LogP contribution in [0.5, 0.6) is 0 Å². The maximum Gasteiger partial charge on any atom is 0.0701 e. The maximum atomic E-state index is 6.24. The minimum absolute atomic E-state index is 0.0590. The van der Waals surface area contributed by atoms with Gasteiger partial charge < -0.3 is 5.32 Å². The Labute approximate surface area is 123 Å². The van der Waals surface area contributed by atoms with Crippen molar-refractivity contribution in [2.75, 3.05) is 7.05 Å². The zero-order valence-corrected chi connectivity index (χ0v) is 12.9. The van der Waals surface area contributed by atoms with Gasteiger partial charge in [0.15, 0.2) is 0 Å². The zero-order chi connectivity index (χ0) is 12.4. The van der Waals surface area contributed by atoms with Gasteiger partial charge in [0.05, 0.1) is 19.9 Å². The first kappa shape index (κ1) is 13.4. The fourth-order valence-electron chi connectivity index (χ4n) is 1.72. The molecule has 0 saturated heterocycles. The van der Waals surface area contributed by atoms with Gasteiger partial charge >= 0.3 is 0 Å². The first-order valence-electron chi connectivity index (χ1n) is 4.98. The maximum absolute atomic E-state index is 6.24. The number of thiophene rings is 1. The highest BCUT2D eigenvalue weighted by molar-refractivity contribution is 9.11. The minimum atomic E-state index is 0.0590. The SMILES string of the molecule is CNC(c1csc(Br)c1)c1cccc(Cl)c1Cl. The van der Waals surface area contributed by atoms with E-state index in [9.17, 15) is 0 Å². The number of hydrogen-bond donors (Lipinski definition) is 1. The highest BCUT2D eigenvalue weighted by Gasteiger charge is 2.17. The van der Waals surface area contributed by atoms with Gasteiger partial charge in [-0.15, -0.1) is 11.3 Å². The summed E-state index contributed by atoms with van der Waals surface area (Å²) in [6, 6.07) is 7.84. The largest absolute Gasteiger partial charge is 0.309 e. The molecule has 2 rings (SSSR count). The first-order chi connectivity index (χ1) is 8.13. The predicted molar refractivity (Wildman–Crippen MR) is 79.4 cm³/mol. The standard InChI is InChI=1S/C12H10BrCl2NS/c1-16-12(7-5-10(13)17-6-7)8-3-2-4-9(14)11(8)15/h2-6,12,16H,1H3. The molecule has 0 aliphatic rings. The predicted octanol–water partition coefficient (Wildman–Crippen LogP) is 5.13. The van der Waals surface area contributed by atoms with Crippen molar-refractivity contribution < 1.29 is 0 Å². The van der Waals surface area contributed by atoms with Crippen molar-refractivity contribution in [2.45, 2.75) is 6.04 Å². The molecule has 0 bridgehead atoms. The molecule has 0 saturated carbocycles. The Morgan fingerprint density at radius 3 is 2.71 bits per heavy atom.